The Kier molecular flexibility index (Phi) is 2.24. The highest BCUT2D eigenvalue weighted by molar-refractivity contribution is 5.69. The van der Waals surface area contributed by atoms with E-state index in [1.54, 1.807) is 5.57 Å². The molecule has 0 amide bonds. The lowest BCUT2D eigenvalue weighted by molar-refractivity contribution is 0.611. The molecular formula is C16H18. The predicted molar refractivity (Wildman–Crippen MR) is 69.4 cm³/mol. The van der Waals surface area contributed by atoms with Crippen LogP contribution in [0, 0.1) is 12.8 Å². The molecule has 1 aromatic rings. The van der Waals surface area contributed by atoms with Crippen molar-refractivity contribution < 1.29 is 0 Å². The Morgan fingerprint density at radius 1 is 1.12 bits per heavy atom. The van der Waals surface area contributed by atoms with E-state index >= 15 is 0 Å². The lowest BCUT2D eigenvalue weighted by atomic mass is 9.78. The Bertz CT molecular complexity index is 573. The van der Waals surface area contributed by atoms with Crippen LogP contribution in [0.4, 0.5) is 0 Å². The smallest absolute Gasteiger partial charge is 0.0115 e. The molecule has 0 fully saturated rings. The van der Waals surface area contributed by atoms with Gasteiger partial charge in [-0.15, -0.1) is 0 Å². The van der Waals surface area contributed by atoms with Crippen molar-refractivity contribution in [1.29, 1.82) is 0 Å². The zero-order valence-corrected chi connectivity index (χ0v) is 10.1. The molecule has 0 radical (unpaired) electrons. The number of fused-ring (bicyclic) bond motifs is 2. The minimum absolute atomic E-state index is 0.778. The second-order valence-electron chi connectivity index (χ2n) is 5.11. The van der Waals surface area contributed by atoms with Crippen LogP contribution in [0.2, 0.25) is 0 Å². The fourth-order valence-electron chi connectivity index (χ4n) is 3.11. The molecule has 0 heterocycles. The summed E-state index contributed by atoms with van der Waals surface area (Å²) in [6.45, 7) is 4.45. The Balaban J connectivity index is 2.38. The summed E-state index contributed by atoms with van der Waals surface area (Å²) in [5, 5.41) is 2.93. The van der Waals surface area contributed by atoms with E-state index in [0.29, 0.717) is 0 Å². The molecule has 2 aliphatic rings. The van der Waals surface area contributed by atoms with E-state index in [2.05, 4.69) is 44.2 Å². The molecule has 0 aliphatic heterocycles. The number of hydrogen-bond donors (Lipinski definition) is 0. The van der Waals surface area contributed by atoms with Crippen LogP contribution in [0.15, 0.2) is 29.8 Å². The highest BCUT2D eigenvalue weighted by Gasteiger charge is 2.21. The maximum Gasteiger partial charge on any atom is -0.0115 e. The molecule has 82 valence electrons. The SMILES string of the molecule is CC1=CCCC2CC=c3cc(C)ccc3=C12. The van der Waals surface area contributed by atoms with E-state index < -0.39 is 0 Å². The number of aryl methyl sites for hydroxylation is 1. The van der Waals surface area contributed by atoms with Gasteiger partial charge >= 0.3 is 0 Å². The molecule has 0 N–H and O–H groups in total. The third-order valence-electron chi connectivity index (χ3n) is 3.92. The van der Waals surface area contributed by atoms with E-state index in [1.807, 2.05) is 0 Å². The van der Waals surface area contributed by atoms with Gasteiger partial charge in [0.2, 0.25) is 0 Å². The fraction of sp³-hybridized carbons (Fsp3) is 0.375. The van der Waals surface area contributed by atoms with Gasteiger partial charge in [-0.2, -0.15) is 0 Å². The molecule has 0 spiro atoms. The van der Waals surface area contributed by atoms with Crippen LogP contribution in [0.5, 0.6) is 0 Å². The zero-order chi connectivity index (χ0) is 11.1. The summed E-state index contributed by atoms with van der Waals surface area (Å²) in [6.07, 6.45) is 8.65. The van der Waals surface area contributed by atoms with Crippen molar-refractivity contribution in [2.45, 2.75) is 33.1 Å². The molecule has 0 bridgehead atoms. The Labute approximate surface area is 97.0 Å². The first-order chi connectivity index (χ1) is 7.75. The normalized spacial score (nSPS) is 23.0. The number of rotatable bonds is 0. The van der Waals surface area contributed by atoms with Crippen LogP contribution in [-0.4, -0.2) is 0 Å². The average Bonchev–Trinajstić information content (AvgIpc) is 2.29. The van der Waals surface area contributed by atoms with Gasteiger partial charge in [-0.25, -0.2) is 0 Å². The molecule has 0 heteroatoms. The summed E-state index contributed by atoms with van der Waals surface area (Å²) < 4.78 is 0. The number of hydrogen-bond acceptors (Lipinski definition) is 0. The van der Waals surface area contributed by atoms with E-state index in [-0.39, 0.29) is 0 Å². The predicted octanol–water partition coefficient (Wildman–Crippen LogP) is 2.69. The molecule has 1 unspecified atom stereocenters. The van der Waals surface area contributed by atoms with Gasteiger partial charge in [-0.1, -0.05) is 41.5 Å². The second-order valence-corrected chi connectivity index (χ2v) is 5.11. The van der Waals surface area contributed by atoms with Crippen LogP contribution in [0.1, 0.15) is 31.7 Å². The van der Waals surface area contributed by atoms with Crippen LogP contribution in [0.25, 0.3) is 11.6 Å². The van der Waals surface area contributed by atoms with Crippen LogP contribution >= 0.6 is 0 Å². The van der Waals surface area contributed by atoms with Gasteiger partial charge < -0.3 is 0 Å². The third kappa shape index (κ3) is 1.44. The second kappa shape index (κ2) is 3.62. The first-order valence-corrected chi connectivity index (χ1v) is 6.24. The molecule has 1 atom stereocenters. The molecule has 0 saturated heterocycles. The van der Waals surface area contributed by atoms with Gasteiger partial charge in [0, 0.05) is 0 Å². The Hall–Kier alpha value is -1.30. The summed E-state index contributed by atoms with van der Waals surface area (Å²) in [5.41, 5.74) is 4.49. The largest absolute Gasteiger partial charge is 0.0813 e. The topological polar surface area (TPSA) is 0 Å². The van der Waals surface area contributed by atoms with Gasteiger partial charge in [-0.3, -0.25) is 0 Å². The molecule has 0 saturated carbocycles. The lowest BCUT2D eigenvalue weighted by Crippen LogP contribution is -2.34. The quantitative estimate of drug-likeness (QED) is 0.617. The standard InChI is InChI=1S/C16H18/c1-11-6-9-15-14(10-11)8-7-13-5-3-4-12(2)16(13)15/h4,6,8-10,13H,3,5,7H2,1-2H3. The number of allylic oxidation sites excluding steroid dienone is 2. The van der Waals surface area contributed by atoms with E-state index in [1.165, 1.54) is 40.8 Å². The lowest BCUT2D eigenvalue weighted by Gasteiger charge is -2.26. The zero-order valence-electron chi connectivity index (χ0n) is 10.1. The first-order valence-electron chi connectivity index (χ1n) is 6.24. The van der Waals surface area contributed by atoms with Crippen molar-refractivity contribution in [3.05, 3.63) is 45.8 Å². The van der Waals surface area contributed by atoms with E-state index in [0.717, 1.165) is 5.92 Å². The first kappa shape index (κ1) is 9.89. The maximum atomic E-state index is 2.43. The average molecular weight is 210 g/mol. The van der Waals surface area contributed by atoms with Crippen LogP contribution in [0.3, 0.4) is 0 Å². The van der Waals surface area contributed by atoms with Gasteiger partial charge in [0.25, 0.3) is 0 Å². The molecule has 16 heavy (non-hydrogen) atoms. The summed E-state index contributed by atoms with van der Waals surface area (Å²) in [4.78, 5) is 0. The summed E-state index contributed by atoms with van der Waals surface area (Å²) in [6, 6.07) is 6.87. The highest BCUT2D eigenvalue weighted by atomic mass is 14.3. The summed E-state index contributed by atoms with van der Waals surface area (Å²) in [5.74, 6) is 0.778. The molecule has 3 rings (SSSR count). The van der Waals surface area contributed by atoms with Crippen molar-refractivity contribution in [3.63, 3.8) is 0 Å². The Morgan fingerprint density at radius 3 is 2.88 bits per heavy atom. The minimum Gasteiger partial charge on any atom is -0.0813 e. The minimum atomic E-state index is 0.778. The third-order valence-corrected chi connectivity index (χ3v) is 3.92. The van der Waals surface area contributed by atoms with Crippen molar-refractivity contribution in [2.75, 3.05) is 0 Å². The molecule has 2 aliphatic carbocycles. The number of benzene rings is 1. The summed E-state index contributed by atoms with van der Waals surface area (Å²) in [7, 11) is 0. The molecular weight excluding hydrogens is 192 g/mol. The molecule has 0 nitrogen and oxygen atoms in total. The summed E-state index contributed by atoms with van der Waals surface area (Å²) >= 11 is 0. The van der Waals surface area contributed by atoms with E-state index in [4.69, 9.17) is 0 Å². The molecule has 1 aromatic carbocycles. The fourth-order valence-corrected chi connectivity index (χ4v) is 3.11. The van der Waals surface area contributed by atoms with Crippen LogP contribution in [-0.2, 0) is 0 Å². The highest BCUT2D eigenvalue weighted by Crippen LogP contribution is 2.33. The van der Waals surface area contributed by atoms with Gasteiger partial charge in [0.05, 0.1) is 0 Å². The van der Waals surface area contributed by atoms with E-state index in [9.17, 15) is 0 Å². The van der Waals surface area contributed by atoms with Crippen molar-refractivity contribution in [1.82, 2.24) is 0 Å². The maximum absolute atomic E-state index is 2.43. The van der Waals surface area contributed by atoms with Gasteiger partial charge in [-0.05, 0) is 55.0 Å². The monoisotopic (exact) mass is 210 g/mol. The van der Waals surface area contributed by atoms with Crippen LogP contribution < -0.4 is 10.4 Å². The van der Waals surface area contributed by atoms with Gasteiger partial charge in [0.15, 0.2) is 0 Å². The van der Waals surface area contributed by atoms with Crippen molar-refractivity contribution >= 4 is 11.6 Å². The Morgan fingerprint density at radius 2 is 2.00 bits per heavy atom. The van der Waals surface area contributed by atoms with Crippen molar-refractivity contribution in [3.8, 4) is 0 Å². The van der Waals surface area contributed by atoms with Gasteiger partial charge in [0.1, 0.15) is 0 Å². The van der Waals surface area contributed by atoms with Crippen molar-refractivity contribution in [2.24, 2.45) is 5.92 Å². The molecule has 0 aromatic heterocycles.